The number of nitrogens with one attached hydrogen (secondary N) is 1. The molecule has 1 rings (SSSR count). The van der Waals surface area contributed by atoms with Crippen LogP contribution in [0.4, 0.5) is 0 Å². The van der Waals surface area contributed by atoms with Crippen LogP contribution in [0.25, 0.3) is 0 Å². The molecule has 0 aliphatic carbocycles. The molecular weight excluding hydrogens is 236 g/mol. The fourth-order valence-electron chi connectivity index (χ4n) is 1.31. The van der Waals surface area contributed by atoms with Gasteiger partial charge in [0.15, 0.2) is 0 Å². The average Bonchev–Trinajstić information content (AvgIpc) is 2.81. The van der Waals surface area contributed by atoms with Gasteiger partial charge in [-0.1, -0.05) is 0 Å². The zero-order valence-electron chi connectivity index (χ0n) is 10.9. The Kier molecular flexibility index (Phi) is 5.38. The Morgan fingerprint density at radius 2 is 2.11 bits per heavy atom. The van der Waals surface area contributed by atoms with Gasteiger partial charge in [0, 0.05) is 27.1 Å². The highest BCUT2D eigenvalue weighted by Gasteiger charge is 2.10. The van der Waals surface area contributed by atoms with Crippen LogP contribution in [0.3, 0.4) is 0 Å². The first-order chi connectivity index (χ1) is 8.54. The van der Waals surface area contributed by atoms with Crippen molar-refractivity contribution in [3.8, 4) is 0 Å². The molecule has 0 spiro atoms. The maximum atomic E-state index is 11.3. The van der Waals surface area contributed by atoms with E-state index in [-0.39, 0.29) is 11.7 Å². The molecule has 0 bridgehead atoms. The molecule has 0 fully saturated rings. The quantitative estimate of drug-likeness (QED) is 0.595. The minimum atomic E-state index is -0.496. The third-order valence-corrected chi connectivity index (χ3v) is 2.36. The number of carbonyl (C=O) groups is 2. The molecule has 0 saturated heterocycles. The Bertz CT molecular complexity index is 412. The van der Waals surface area contributed by atoms with Crippen LogP contribution in [0, 0.1) is 0 Å². The van der Waals surface area contributed by atoms with Crippen LogP contribution < -0.4 is 5.32 Å². The molecule has 1 N–H and O–H groups in total. The van der Waals surface area contributed by atoms with Crippen molar-refractivity contribution in [2.24, 2.45) is 0 Å². The number of furan rings is 1. The van der Waals surface area contributed by atoms with Gasteiger partial charge in [-0.2, -0.15) is 0 Å². The van der Waals surface area contributed by atoms with Gasteiger partial charge in [-0.05, 0) is 12.1 Å². The summed E-state index contributed by atoms with van der Waals surface area (Å²) in [7, 11) is 4.74. The fourth-order valence-corrected chi connectivity index (χ4v) is 1.31. The third kappa shape index (κ3) is 4.21. The number of nitrogens with zero attached hydrogens (tertiary/aromatic N) is 1. The highest BCUT2D eigenvalue weighted by Crippen LogP contribution is 2.08. The molecule has 1 aromatic rings. The summed E-state index contributed by atoms with van der Waals surface area (Å²) >= 11 is 0. The normalized spacial score (nSPS) is 10.2. The largest absolute Gasteiger partial charge is 0.463 e. The number of carbonyl (C=O) groups excluding carboxylic acids is 2. The number of hydrogen-bond donors (Lipinski definition) is 1. The lowest BCUT2D eigenvalue weighted by Gasteiger charge is -2.09. The van der Waals surface area contributed by atoms with Gasteiger partial charge in [0.25, 0.3) is 0 Å². The van der Waals surface area contributed by atoms with E-state index in [0.29, 0.717) is 25.3 Å². The second kappa shape index (κ2) is 6.80. The smallest absolute Gasteiger partial charge is 0.373 e. The standard InChI is InChI=1S/C12H18N2O4/c1-14(2)11(15)6-7-13-8-9-4-5-10(18-9)12(16)17-3/h4-5,13H,6-8H2,1-3H3. The van der Waals surface area contributed by atoms with Crippen molar-refractivity contribution in [2.75, 3.05) is 27.7 Å². The Balaban J connectivity index is 2.30. The number of esters is 1. The van der Waals surface area contributed by atoms with Crippen LogP contribution in [0.15, 0.2) is 16.5 Å². The molecule has 0 aliphatic rings. The lowest BCUT2D eigenvalue weighted by Crippen LogP contribution is -2.26. The highest BCUT2D eigenvalue weighted by molar-refractivity contribution is 5.86. The molecule has 0 aliphatic heterocycles. The van der Waals surface area contributed by atoms with E-state index in [1.165, 1.54) is 7.11 Å². The van der Waals surface area contributed by atoms with Crippen molar-refractivity contribution >= 4 is 11.9 Å². The van der Waals surface area contributed by atoms with Gasteiger partial charge in [0.05, 0.1) is 13.7 Å². The average molecular weight is 254 g/mol. The number of methoxy groups -OCH3 is 1. The number of hydrogen-bond acceptors (Lipinski definition) is 5. The monoisotopic (exact) mass is 254 g/mol. The van der Waals surface area contributed by atoms with E-state index in [1.807, 2.05) is 0 Å². The van der Waals surface area contributed by atoms with Crippen molar-refractivity contribution in [3.63, 3.8) is 0 Å². The van der Waals surface area contributed by atoms with Crippen molar-refractivity contribution in [3.05, 3.63) is 23.7 Å². The van der Waals surface area contributed by atoms with Crippen molar-refractivity contribution in [1.29, 1.82) is 0 Å². The van der Waals surface area contributed by atoms with E-state index in [4.69, 9.17) is 4.42 Å². The molecule has 0 radical (unpaired) electrons. The molecular formula is C12H18N2O4. The van der Waals surface area contributed by atoms with E-state index in [2.05, 4.69) is 10.1 Å². The first kappa shape index (κ1) is 14.2. The van der Waals surface area contributed by atoms with Gasteiger partial charge < -0.3 is 19.4 Å². The van der Waals surface area contributed by atoms with E-state index in [9.17, 15) is 9.59 Å². The van der Waals surface area contributed by atoms with E-state index >= 15 is 0 Å². The van der Waals surface area contributed by atoms with Crippen molar-refractivity contribution in [2.45, 2.75) is 13.0 Å². The molecule has 100 valence electrons. The van der Waals surface area contributed by atoms with Crippen LogP contribution in [-0.4, -0.2) is 44.5 Å². The highest BCUT2D eigenvalue weighted by atomic mass is 16.5. The summed E-state index contributed by atoms with van der Waals surface area (Å²) < 4.78 is 9.79. The lowest BCUT2D eigenvalue weighted by atomic mass is 10.3. The third-order valence-electron chi connectivity index (χ3n) is 2.36. The summed E-state index contributed by atoms with van der Waals surface area (Å²) in [6, 6.07) is 3.26. The second-order valence-electron chi connectivity index (χ2n) is 3.97. The number of amides is 1. The maximum Gasteiger partial charge on any atom is 0.373 e. The van der Waals surface area contributed by atoms with E-state index < -0.39 is 5.97 Å². The topological polar surface area (TPSA) is 71.8 Å². The van der Waals surface area contributed by atoms with Crippen LogP contribution in [0.5, 0.6) is 0 Å². The summed E-state index contributed by atoms with van der Waals surface area (Å²) in [6.45, 7) is 1.03. The van der Waals surface area contributed by atoms with Gasteiger partial charge in [0.1, 0.15) is 5.76 Å². The van der Waals surface area contributed by atoms with Crippen molar-refractivity contribution < 1.29 is 18.7 Å². The molecule has 6 heteroatoms. The zero-order chi connectivity index (χ0) is 13.5. The van der Waals surface area contributed by atoms with Gasteiger partial charge >= 0.3 is 5.97 Å². The predicted octanol–water partition coefficient (Wildman–Crippen LogP) is 0.634. The summed E-state index contributed by atoms with van der Waals surface area (Å²) in [5.74, 6) is 0.382. The van der Waals surface area contributed by atoms with Crippen LogP contribution >= 0.6 is 0 Å². The Morgan fingerprint density at radius 1 is 1.39 bits per heavy atom. The molecule has 1 heterocycles. The Hall–Kier alpha value is -1.82. The van der Waals surface area contributed by atoms with Crippen LogP contribution in [-0.2, 0) is 16.1 Å². The van der Waals surface area contributed by atoms with E-state index in [1.54, 1.807) is 31.1 Å². The molecule has 6 nitrogen and oxygen atoms in total. The lowest BCUT2D eigenvalue weighted by molar-refractivity contribution is -0.128. The first-order valence-corrected chi connectivity index (χ1v) is 5.62. The molecule has 0 aromatic carbocycles. The maximum absolute atomic E-state index is 11.3. The number of rotatable bonds is 6. The minimum Gasteiger partial charge on any atom is -0.463 e. The second-order valence-corrected chi connectivity index (χ2v) is 3.97. The molecule has 0 unspecified atom stereocenters. The molecule has 0 saturated carbocycles. The van der Waals surface area contributed by atoms with Gasteiger partial charge in [0.2, 0.25) is 11.7 Å². The SMILES string of the molecule is COC(=O)c1ccc(CNCCC(=O)N(C)C)o1. The predicted molar refractivity (Wildman–Crippen MR) is 65.1 cm³/mol. The molecule has 1 amide bonds. The minimum absolute atomic E-state index is 0.0668. The molecule has 18 heavy (non-hydrogen) atoms. The van der Waals surface area contributed by atoms with Crippen LogP contribution in [0.2, 0.25) is 0 Å². The Morgan fingerprint density at radius 3 is 2.72 bits per heavy atom. The fraction of sp³-hybridized carbons (Fsp3) is 0.500. The van der Waals surface area contributed by atoms with Gasteiger partial charge in [-0.25, -0.2) is 4.79 Å². The summed E-state index contributed by atoms with van der Waals surface area (Å²) in [5.41, 5.74) is 0. The van der Waals surface area contributed by atoms with Gasteiger partial charge in [-0.15, -0.1) is 0 Å². The molecule has 0 atom stereocenters. The number of ether oxygens (including phenoxy) is 1. The van der Waals surface area contributed by atoms with Gasteiger partial charge in [-0.3, -0.25) is 4.79 Å². The summed E-state index contributed by atoms with van der Waals surface area (Å²) in [5, 5.41) is 3.06. The Labute approximate surface area is 106 Å². The zero-order valence-corrected chi connectivity index (χ0v) is 10.9. The first-order valence-electron chi connectivity index (χ1n) is 5.62. The van der Waals surface area contributed by atoms with Crippen LogP contribution in [0.1, 0.15) is 22.7 Å². The summed E-state index contributed by atoms with van der Waals surface area (Å²) in [4.78, 5) is 24.0. The van der Waals surface area contributed by atoms with Crippen molar-refractivity contribution in [1.82, 2.24) is 10.2 Å². The van der Waals surface area contributed by atoms with E-state index in [0.717, 1.165) is 0 Å². The molecule has 1 aromatic heterocycles. The summed E-state index contributed by atoms with van der Waals surface area (Å²) in [6.07, 6.45) is 0.428.